The largest absolute Gasteiger partial charge is 0.497 e. The van der Waals surface area contributed by atoms with Gasteiger partial charge in [0.1, 0.15) is 35.3 Å². The van der Waals surface area contributed by atoms with Crippen LogP contribution in [0.3, 0.4) is 0 Å². The zero-order valence-corrected chi connectivity index (χ0v) is 22.5. The Bertz CT molecular complexity index is 1060. The lowest BCUT2D eigenvalue weighted by Crippen LogP contribution is -1.92. The molecule has 0 heterocycles. The topological polar surface area (TPSA) is 50.1 Å². The maximum atomic E-state index is 12.8. The fraction of sp³-hybridized carbons (Fsp3) is 0.375. The fourth-order valence-electron chi connectivity index (χ4n) is 3.43. The van der Waals surface area contributed by atoms with Gasteiger partial charge in [-0.2, -0.15) is 5.26 Å². The number of aryl methyl sites for hydroxylation is 2. The number of rotatable bonds is 10. The van der Waals surface area contributed by atoms with E-state index in [4.69, 9.17) is 5.26 Å². The summed E-state index contributed by atoms with van der Waals surface area (Å²) in [5.74, 6) is -1.76. The molecule has 0 amide bonds. The second kappa shape index (κ2) is 18.7. The molecule has 3 nitrogen and oxygen atoms in total. The maximum Gasteiger partial charge on any atom is 0.147 e. The summed E-state index contributed by atoms with van der Waals surface area (Å²) in [7, 11) is 1.29. The van der Waals surface area contributed by atoms with Crippen LogP contribution in [0.25, 0.3) is 11.1 Å². The molecule has 0 aliphatic rings. The second-order valence-corrected chi connectivity index (χ2v) is 8.76. The second-order valence-electron chi connectivity index (χ2n) is 8.76. The molecule has 0 bridgehead atoms. The Kier molecular flexibility index (Phi) is 15.9. The first-order valence-corrected chi connectivity index (χ1v) is 12.9. The van der Waals surface area contributed by atoms with Crippen LogP contribution in [0.1, 0.15) is 75.5 Å². The van der Waals surface area contributed by atoms with Gasteiger partial charge in [0.25, 0.3) is 0 Å². The van der Waals surface area contributed by atoms with Gasteiger partial charge >= 0.3 is 0 Å². The number of carbonyl (C=O) groups is 1. The van der Waals surface area contributed by atoms with Crippen molar-refractivity contribution in [3.63, 3.8) is 0 Å². The van der Waals surface area contributed by atoms with E-state index >= 15 is 0 Å². The Hall–Kier alpha value is -3.52. The van der Waals surface area contributed by atoms with Gasteiger partial charge in [-0.25, -0.2) is 8.78 Å². The maximum absolute atomic E-state index is 12.8. The van der Waals surface area contributed by atoms with Crippen molar-refractivity contribution >= 4 is 6.29 Å². The molecule has 0 aliphatic heterocycles. The van der Waals surface area contributed by atoms with Crippen molar-refractivity contribution in [3.8, 4) is 22.9 Å². The normalized spacial score (nSPS) is 9.76. The lowest BCUT2D eigenvalue weighted by molar-refractivity contribution is -0.107. The summed E-state index contributed by atoms with van der Waals surface area (Å²) in [5, 5.41) is 8.29. The number of nitriles is 1. The molecular weight excluding hydrogens is 468 g/mol. The Morgan fingerprint density at radius 1 is 0.838 bits per heavy atom. The van der Waals surface area contributed by atoms with Crippen molar-refractivity contribution in [2.45, 2.75) is 72.1 Å². The van der Waals surface area contributed by atoms with E-state index in [0.29, 0.717) is 6.42 Å². The first-order valence-electron chi connectivity index (χ1n) is 12.9. The summed E-state index contributed by atoms with van der Waals surface area (Å²) >= 11 is 0. The average Bonchev–Trinajstić information content (AvgIpc) is 2.90. The van der Waals surface area contributed by atoms with E-state index in [1.54, 1.807) is 0 Å². The summed E-state index contributed by atoms with van der Waals surface area (Å²) in [5.41, 5.74) is 4.83. The average molecular weight is 508 g/mol. The van der Waals surface area contributed by atoms with Gasteiger partial charge in [-0.3, -0.25) is 0 Å². The highest BCUT2D eigenvalue weighted by atomic mass is 19.1. The number of hydrogen-bond donors (Lipinski definition) is 0. The summed E-state index contributed by atoms with van der Waals surface area (Å²) < 4.78 is 30.1. The Labute approximate surface area is 221 Å². The van der Waals surface area contributed by atoms with Crippen LogP contribution in [0, 0.1) is 29.9 Å². The molecule has 5 heteroatoms. The van der Waals surface area contributed by atoms with Crippen LogP contribution in [0.5, 0.6) is 5.75 Å². The van der Waals surface area contributed by atoms with E-state index in [-0.39, 0.29) is 5.75 Å². The standard InChI is InChI=1S/C20H26.C8H5F2NO.C4H8O/c1-3-4-5-6-7-8-18-11-15-20(16-12-18)19-13-9-17(2)10-14-19;1-12-5-2-7(9)6(4-11)8(10)3-5;1-2-3-4-5/h9-16H,3-8H2,1-2H3;2-3H,1H3;4H,2-3H2,1H3. The van der Waals surface area contributed by atoms with Crippen LogP contribution in [-0.4, -0.2) is 13.4 Å². The van der Waals surface area contributed by atoms with Gasteiger partial charge in [-0.15, -0.1) is 0 Å². The third kappa shape index (κ3) is 12.3. The van der Waals surface area contributed by atoms with Crippen LogP contribution in [0.4, 0.5) is 8.78 Å². The first kappa shape index (κ1) is 31.5. The van der Waals surface area contributed by atoms with Gasteiger partial charge in [-0.1, -0.05) is 93.6 Å². The van der Waals surface area contributed by atoms with Crippen molar-refractivity contribution in [1.82, 2.24) is 0 Å². The minimum absolute atomic E-state index is 0.0593. The SMILES string of the molecule is CCCC=O.CCCCCCCc1ccc(-c2ccc(C)cc2)cc1.COc1cc(F)c(C#N)c(F)c1. The van der Waals surface area contributed by atoms with Gasteiger partial charge in [0.2, 0.25) is 0 Å². The first-order chi connectivity index (χ1) is 17.9. The molecule has 3 aromatic rings. The van der Waals surface area contributed by atoms with E-state index < -0.39 is 17.2 Å². The highest BCUT2D eigenvalue weighted by Gasteiger charge is 2.10. The predicted octanol–water partition coefficient (Wildman–Crippen LogP) is 9.01. The Morgan fingerprint density at radius 2 is 1.38 bits per heavy atom. The third-order valence-corrected chi connectivity index (χ3v) is 5.68. The number of benzene rings is 3. The molecule has 0 unspecified atom stereocenters. The lowest BCUT2D eigenvalue weighted by atomic mass is 10.0. The minimum Gasteiger partial charge on any atom is -0.497 e. The molecular formula is C32H39F2NO2. The van der Waals surface area contributed by atoms with Crippen LogP contribution in [0.2, 0.25) is 0 Å². The summed E-state index contributed by atoms with van der Waals surface area (Å²) in [6.45, 7) is 6.38. The molecule has 0 N–H and O–H groups in total. The zero-order chi connectivity index (χ0) is 27.5. The summed E-state index contributed by atoms with van der Waals surface area (Å²) in [4.78, 5) is 9.40. The molecule has 3 rings (SSSR count). The number of nitrogens with zero attached hydrogens (tertiary/aromatic N) is 1. The van der Waals surface area contributed by atoms with Crippen LogP contribution >= 0.6 is 0 Å². The number of methoxy groups -OCH3 is 1. The predicted molar refractivity (Wildman–Crippen MR) is 148 cm³/mol. The monoisotopic (exact) mass is 507 g/mol. The quantitative estimate of drug-likeness (QED) is 0.203. The molecule has 0 saturated heterocycles. The van der Waals surface area contributed by atoms with Gasteiger partial charge in [0, 0.05) is 18.6 Å². The molecule has 0 spiro atoms. The molecule has 37 heavy (non-hydrogen) atoms. The molecule has 3 aromatic carbocycles. The van der Waals surface area contributed by atoms with E-state index in [0.717, 1.165) is 24.8 Å². The highest BCUT2D eigenvalue weighted by Crippen LogP contribution is 2.21. The van der Waals surface area contributed by atoms with Crippen LogP contribution in [-0.2, 0) is 11.2 Å². The van der Waals surface area contributed by atoms with Crippen molar-refractivity contribution in [1.29, 1.82) is 5.26 Å². The van der Waals surface area contributed by atoms with Gasteiger partial charge in [-0.05, 0) is 42.9 Å². The van der Waals surface area contributed by atoms with Crippen LogP contribution < -0.4 is 4.74 Å². The fourth-order valence-corrected chi connectivity index (χ4v) is 3.43. The molecule has 0 aromatic heterocycles. The molecule has 0 aliphatic carbocycles. The Morgan fingerprint density at radius 3 is 1.81 bits per heavy atom. The van der Waals surface area contributed by atoms with Gasteiger partial charge in [0.15, 0.2) is 0 Å². The third-order valence-electron chi connectivity index (χ3n) is 5.68. The van der Waals surface area contributed by atoms with Crippen molar-refractivity contribution < 1.29 is 18.3 Å². The minimum atomic E-state index is -0.908. The van der Waals surface area contributed by atoms with E-state index in [1.807, 2.05) is 6.92 Å². The van der Waals surface area contributed by atoms with E-state index in [9.17, 15) is 13.6 Å². The summed E-state index contributed by atoms with van der Waals surface area (Å²) in [6, 6.07) is 21.2. The number of hydrogen-bond acceptors (Lipinski definition) is 3. The smallest absolute Gasteiger partial charge is 0.147 e. The number of ether oxygens (including phenoxy) is 1. The van der Waals surface area contributed by atoms with Crippen LogP contribution in [0.15, 0.2) is 60.7 Å². The number of aldehydes is 1. The molecule has 0 atom stereocenters. The molecule has 0 fully saturated rings. The number of unbranched alkanes of at least 4 members (excludes halogenated alkanes) is 5. The van der Waals surface area contributed by atoms with E-state index in [2.05, 4.69) is 67.1 Å². The van der Waals surface area contributed by atoms with Crippen molar-refractivity contribution in [2.75, 3.05) is 7.11 Å². The zero-order valence-electron chi connectivity index (χ0n) is 22.5. The lowest BCUT2D eigenvalue weighted by Gasteiger charge is -2.05. The summed E-state index contributed by atoms with van der Waals surface area (Å²) in [6.07, 6.45) is 10.6. The van der Waals surface area contributed by atoms with Crippen molar-refractivity contribution in [2.24, 2.45) is 0 Å². The molecule has 0 saturated carbocycles. The molecule has 198 valence electrons. The molecule has 0 radical (unpaired) electrons. The number of carbonyl (C=O) groups excluding carboxylic acids is 1. The highest BCUT2D eigenvalue weighted by molar-refractivity contribution is 5.63. The Balaban J connectivity index is 0.000000340. The van der Waals surface area contributed by atoms with Gasteiger partial charge in [0.05, 0.1) is 7.11 Å². The van der Waals surface area contributed by atoms with Crippen molar-refractivity contribution in [3.05, 3.63) is 89.0 Å². The number of halogens is 2. The van der Waals surface area contributed by atoms with Gasteiger partial charge < -0.3 is 9.53 Å². The van der Waals surface area contributed by atoms with E-state index in [1.165, 1.54) is 74.0 Å².